The van der Waals surface area contributed by atoms with Crippen molar-refractivity contribution < 1.29 is 37.0 Å². The van der Waals surface area contributed by atoms with Crippen molar-refractivity contribution in [3.8, 4) is 0 Å². The zero-order valence-corrected chi connectivity index (χ0v) is 14.6. The molecule has 2 atom stereocenters. The summed E-state index contributed by atoms with van der Waals surface area (Å²) >= 11 is 0. The molecular formula is C17H20F3NO5. The van der Waals surface area contributed by atoms with Gasteiger partial charge in [-0.1, -0.05) is 26.3 Å². The van der Waals surface area contributed by atoms with Crippen LogP contribution in [0.5, 0.6) is 0 Å². The van der Waals surface area contributed by atoms with Crippen molar-refractivity contribution in [2.24, 2.45) is 5.92 Å². The number of hydrogen-bond acceptors (Lipinski definition) is 5. The Morgan fingerprint density at radius 1 is 1.23 bits per heavy atom. The lowest BCUT2D eigenvalue weighted by molar-refractivity contribution is -0.147. The number of halogens is 3. The number of nitrogens with one attached hydrogen (secondary N) is 1. The second kappa shape index (κ2) is 9.21. The molecule has 0 aliphatic rings. The Bertz CT molecular complexity index is 660. The van der Waals surface area contributed by atoms with Crippen molar-refractivity contribution in [2.75, 3.05) is 13.7 Å². The van der Waals surface area contributed by atoms with Gasteiger partial charge in [-0.15, -0.1) is 0 Å². The smallest absolute Gasteiger partial charge is 0.416 e. The summed E-state index contributed by atoms with van der Waals surface area (Å²) in [6, 6.07) is 2.75. The van der Waals surface area contributed by atoms with Gasteiger partial charge in [0, 0.05) is 0 Å². The molecule has 1 N–H and O–H groups in total. The number of rotatable bonds is 7. The third-order valence-corrected chi connectivity index (χ3v) is 3.74. The molecule has 0 saturated carbocycles. The predicted octanol–water partition coefficient (Wildman–Crippen LogP) is 2.57. The van der Waals surface area contributed by atoms with Crippen LogP contribution in [-0.4, -0.2) is 37.6 Å². The molecular weight excluding hydrogens is 355 g/mol. The highest BCUT2D eigenvalue weighted by molar-refractivity contribution is 5.92. The van der Waals surface area contributed by atoms with Gasteiger partial charge < -0.3 is 14.8 Å². The molecule has 26 heavy (non-hydrogen) atoms. The van der Waals surface area contributed by atoms with Gasteiger partial charge >= 0.3 is 18.1 Å². The number of hydrogen-bond donors (Lipinski definition) is 1. The van der Waals surface area contributed by atoms with Crippen molar-refractivity contribution in [3.63, 3.8) is 0 Å². The van der Waals surface area contributed by atoms with Crippen LogP contribution in [0.1, 0.15) is 36.2 Å². The van der Waals surface area contributed by atoms with Crippen LogP contribution >= 0.6 is 0 Å². The first-order chi connectivity index (χ1) is 12.1. The Morgan fingerprint density at radius 2 is 1.88 bits per heavy atom. The van der Waals surface area contributed by atoms with E-state index in [9.17, 15) is 27.6 Å². The highest BCUT2D eigenvalue weighted by atomic mass is 19.4. The van der Waals surface area contributed by atoms with Crippen molar-refractivity contribution in [2.45, 2.75) is 32.5 Å². The minimum Gasteiger partial charge on any atom is -0.467 e. The maximum atomic E-state index is 12.6. The molecule has 0 aromatic heterocycles. The van der Waals surface area contributed by atoms with E-state index in [-0.39, 0.29) is 11.5 Å². The third kappa shape index (κ3) is 6.05. The number of benzene rings is 1. The third-order valence-electron chi connectivity index (χ3n) is 3.74. The quantitative estimate of drug-likeness (QED) is 0.741. The van der Waals surface area contributed by atoms with E-state index in [1.165, 1.54) is 7.11 Å². The maximum absolute atomic E-state index is 12.6. The molecule has 0 saturated heterocycles. The average Bonchev–Trinajstić information content (AvgIpc) is 2.62. The summed E-state index contributed by atoms with van der Waals surface area (Å²) in [5.41, 5.74) is -1.34. The molecule has 0 unspecified atom stereocenters. The van der Waals surface area contributed by atoms with Crippen molar-refractivity contribution in [1.29, 1.82) is 0 Å². The second-order valence-corrected chi connectivity index (χ2v) is 5.61. The van der Waals surface area contributed by atoms with E-state index in [4.69, 9.17) is 4.74 Å². The summed E-state index contributed by atoms with van der Waals surface area (Å²) in [6.45, 7) is 2.82. The lowest BCUT2D eigenvalue weighted by atomic mass is 9.99. The Hall–Kier alpha value is -2.58. The SMILES string of the molecule is CC[C@H](C)[C@@H](NC(=O)COC(=O)c1cccc(C(F)(F)F)c1)C(=O)OC. The number of alkyl halides is 3. The zero-order valence-electron chi connectivity index (χ0n) is 14.6. The molecule has 1 aromatic rings. The Kier molecular flexibility index (Phi) is 7.60. The molecule has 0 spiro atoms. The summed E-state index contributed by atoms with van der Waals surface area (Å²) in [5, 5.41) is 2.39. The summed E-state index contributed by atoms with van der Waals surface area (Å²) in [4.78, 5) is 35.4. The number of methoxy groups -OCH3 is 1. The molecule has 9 heteroatoms. The van der Waals surface area contributed by atoms with Gasteiger partial charge in [0.2, 0.25) is 0 Å². The molecule has 1 amide bonds. The summed E-state index contributed by atoms with van der Waals surface area (Å²) in [7, 11) is 1.18. The van der Waals surface area contributed by atoms with Gasteiger partial charge in [-0.05, 0) is 24.1 Å². The van der Waals surface area contributed by atoms with Gasteiger partial charge in [-0.2, -0.15) is 13.2 Å². The molecule has 1 rings (SSSR count). The van der Waals surface area contributed by atoms with Gasteiger partial charge in [0.15, 0.2) is 6.61 Å². The van der Waals surface area contributed by atoms with Crippen LogP contribution in [0.3, 0.4) is 0 Å². The lowest BCUT2D eigenvalue weighted by Crippen LogP contribution is -2.47. The summed E-state index contributed by atoms with van der Waals surface area (Å²) in [5.74, 6) is -2.70. The fourth-order valence-electron chi connectivity index (χ4n) is 2.05. The molecule has 6 nitrogen and oxygen atoms in total. The Labute approximate surface area is 148 Å². The van der Waals surface area contributed by atoms with Gasteiger partial charge in [0.05, 0.1) is 18.2 Å². The van der Waals surface area contributed by atoms with Gasteiger partial charge in [0.1, 0.15) is 6.04 Å². The van der Waals surface area contributed by atoms with Crippen LogP contribution in [-0.2, 0) is 25.2 Å². The van der Waals surface area contributed by atoms with Crippen molar-refractivity contribution in [3.05, 3.63) is 35.4 Å². The first-order valence-corrected chi connectivity index (χ1v) is 7.81. The average molecular weight is 375 g/mol. The highest BCUT2D eigenvalue weighted by Gasteiger charge is 2.31. The Morgan fingerprint density at radius 3 is 2.42 bits per heavy atom. The highest BCUT2D eigenvalue weighted by Crippen LogP contribution is 2.29. The van der Waals surface area contributed by atoms with Gasteiger partial charge in [-0.25, -0.2) is 9.59 Å². The standard InChI is InChI=1S/C17H20F3NO5/c1-4-10(2)14(16(24)25-3)21-13(22)9-26-15(23)11-6-5-7-12(8-11)17(18,19)20/h5-8,10,14H,4,9H2,1-3H3,(H,21,22)/t10-,14+/m0/s1. The fraction of sp³-hybridized carbons (Fsp3) is 0.471. The lowest BCUT2D eigenvalue weighted by Gasteiger charge is -2.21. The van der Waals surface area contributed by atoms with E-state index >= 15 is 0 Å². The van der Waals surface area contributed by atoms with E-state index in [0.717, 1.165) is 18.2 Å². The largest absolute Gasteiger partial charge is 0.467 e. The number of amides is 1. The van der Waals surface area contributed by atoms with Crippen LogP contribution < -0.4 is 5.32 Å². The topological polar surface area (TPSA) is 81.7 Å². The fourth-order valence-corrected chi connectivity index (χ4v) is 2.05. The predicted molar refractivity (Wildman–Crippen MR) is 85.1 cm³/mol. The van der Waals surface area contributed by atoms with Crippen LogP contribution in [0.2, 0.25) is 0 Å². The van der Waals surface area contributed by atoms with E-state index in [1.54, 1.807) is 6.92 Å². The summed E-state index contributed by atoms with van der Waals surface area (Å²) in [6.07, 6.45) is -4.01. The number of esters is 2. The maximum Gasteiger partial charge on any atom is 0.416 e. The second-order valence-electron chi connectivity index (χ2n) is 5.61. The molecule has 0 radical (unpaired) electrons. The molecule has 0 fully saturated rings. The van der Waals surface area contributed by atoms with E-state index < -0.39 is 42.2 Å². The number of ether oxygens (including phenoxy) is 2. The zero-order chi connectivity index (χ0) is 19.9. The van der Waals surface area contributed by atoms with E-state index in [1.807, 2.05) is 6.92 Å². The van der Waals surface area contributed by atoms with E-state index in [0.29, 0.717) is 12.5 Å². The first kappa shape index (κ1) is 21.5. The minimum absolute atomic E-state index is 0.217. The molecule has 0 aliphatic heterocycles. The van der Waals surface area contributed by atoms with Crippen LogP contribution in [0.15, 0.2) is 24.3 Å². The summed E-state index contributed by atoms with van der Waals surface area (Å²) < 4.78 is 47.3. The molecule has 0 aliphatic carbocycles. The van der Waals surface area contributed by atoms with Gasteiger partial charge in [-0.3, -0.25) is 4.79 Å². The molecule has 0 heterocycles. The first-order valence-electron chi connectivity index (χ1n) is 7.81. The monoisotopic (exact) mass is 375 g/mol. The van der Waals surface area contributed by atoms with E-state index in [2.05, 4.69) is 10.1 Å². The van der Waals surface area contributed by atoms with Crippen molar-refractivity contribution >= 4 is 17.8 Å². The normalized spacial score (nSPS) is 13.5. The Balaban J connectivity index is 2.69. The van der Waals surface area contributed by atoms with Gasteiger partial charge in [0.25, 0.3) is 5.91 Å². The molecule has 1 aromatic carbocycles. The van der Waals surface area contributed by atoms with Crippen LogP contribution in [0, 0.1) is 5.92 Å². The molecule has 144 valence electrons. The van der Waals surface area contributed by atoms with Crippen molar-refractivity contribution in [1.82, 2.24) is 5.32 Å². The van der Waals surface area contributed by atoms with Crippen LogP contribution in [0.25, 0.3) is 0 Å². The number of carbonyl (C=O) groups is 3. The minimum atomic E-state index is -4.60. The number of carbonyl (C=O) groups excluding carboxylic acids is 3. The molecule has 0 bridgehead atoms. The van der Waals surface area contributed by atoms with Crippen LogP contribution in [0.4, 0.5) is 13.2 Å².